The molecule has 1 aliphatic heterocycles. The molecular formula is C7H12N2. The number of hydrogen-bond donors (Lipinski definition) is 0. The van der Waals surface area contributed by atoms with E-state index in [9.17, 15) is 0 Å². The van der Waals surface area contributed by atoms with Crippen LogP contribution in [0.15, 0.2) is 0 Å². The standard InChI is InChI=1S/C7H12N2/c1-6(3-8)7-4-9(2)5-7/h6-7H,4-5H2,1-2H3. The highest BCUT2D eigenvalue weighted by Crippen LogP contribution is 2.20. The molecule has 0 saturated carbocycles. The minimum absolute atomic E-state index is 0.251. The summed E-state index contributed by atoms with van der Waals surface area (Å²) in [5, 5.41) is 8.49. The molecule has 0 spiro atoms. The number of nitrogens with zero attached hydrogens (tertiary/aromatic N) is 2. The van der Waals surface area contributed by atoms with Gasteiger partial charge in [-0.25, -0.2) is 0 Å². The summed E-state index contributed by atoms with van der Waals surface area (Å²) in [7, 11) is 2.08. The minimum atomic E-state index is 0.251. The Morgan fingerprint density at radius 2 is 2.22 bits per heavy atom. The lowest BCUT2D eigenvalue weighted by molar-refractivity contribution is 0.109. The predicted molar refractivity (Wildman–Crippen MR) is 35.8 cm³/mol. The van der Waals surface area contributed by atoms with E-state index in [1.807, 2.05) is 6.92 Å². The van der Waals surface area contributed by atoms with Gasteiger partial charge in [-0.05, 0) is 19.9 Å². The normalized spacial score (nSPS) is 24.6. The third-order valence-corrected chi connectivity index (χ3v) is 2.00. The van der Waals surface area contributed by atoms with E-state index in [2.05, 4.69) is 18.0 Å². The molecule has 0 aromatic heterocycles. The van der Waals surface area contributed by atoms with Crippen LogP contribution < -0.4 is 0 Å². The van der Waals surface area contributed by atoms with Gasteiger partial charge >= 0.3 is 0 Å². The van der Waals surface area contributed by atoms with Crippen molar-refractivity contribution in [1.29, 1.82) is 5.26 Å². The van der Waals surface area contributed by atoms with Gasteiger partial charge < -0.3 is 4.90 Å². The maximum Gasteiger partial charge on any atom is 0.0656 e. The molecule has 9 heavy (non-hydrogen) atoms. The van der Waals surface area contributed by atoms with Gasteiger partial charge in [-0.2, -0.15) is 5.26 Å². The summed E-state index contributed by atoms with van der Waals surface area (Å²) in [6.07, 6.45) is 0. The largest absolute Gasteiger partial charge is 0.306 e. The second-order valence-electron chi connectivity index (χ2n) is 2.90. The fourth-order valence-electron chi connectivity index (χ4n) is 1.17. The lowest BCUT2D eigenvalue weighted by Gasteiger charge is -2.37. The summed E-state index contributed by atoms with van der Waals surface area (Å²) >= 11 is 0. The second kappa shape index (κ2) is 2.36. The third kappa shape index (κ3) is 1.22. The SMILES string of the molecule is CC(C#N)C1CN(C)C1. The number of hydrogen-bond acceptors (Lipinski definition) is 2. The molecule has 1 heterocycles. The van der Waals surface area contributed by atoms with Gasteiger partial charge in [0.15, 0.2) is 0 Å². The lowest BCUT2D eigenvalue weighted by Crippen LogP contribution is -2.46. The maximum atomic E-state index is 8.49. The van der Waals surface area contributed by atoms with E-state index in [1.54, 1.807) is 0 Å². The number of rotatable bonds is 1. The molecule has 0 N–H and O–H groups in total. The second-order valence-corrected chi connectivity index (χ2v) is 2.90. The van der Waals surface area contributed by atoms with E-state index >= 15 is 0 Å². The van der Waals surface area contributed by atoms with Crippen LogP contribution in [0.3, 0.4) is 0 Å². The van der Waals surface area contributed by atoms with Crippen LogP contribution in [0.2, 0.25) is 0 Å². The molecule has 0 aromatic rings. The molecule has 0 radical (unpaired) electrons. The minimum Gasteiger partial charge on any atom is -0.306 e. The first-order valence-corrected chi connectivity index (χ1v) is 3.32. The van der Waals surface area contributed by atoms with Crippen molar-refractivity contribution in [3.63, 3.8) is 0 Å². The fourth-order valence-corrected chi connectivity index (χ4v) is 1.17. The smallest absolute Gasteiger partial charge is 0.0656 e. The van der Waals surface area contributed by atoms with E-state index < -0.39 is 0 Å². The molecule has 1 unspecified atom stereocenters. The monoisotopic (exact) mass is 124 g/mol. The first kappa shape index (κ1) is 6.57. The van der Waals surface area contributed by atoms with Gasteiger partial charge in [-0.15, -0.1) is 0 Å². The molecule has 0 aromatic carbocycles. The molecule has 2 nitrogen and oxygen atoms in total. The highest BCUT2D eigenvalue weighted by molar-refractivity contribution is 4.91. The van der Waals surface area contributed by atoms with Gasteiger partial charge in [0.25, 0.3) is 0 Å². The number of nitriles is 1. The van der Waals surface area contributed by atoms with Crippen molar-refractivity contribution in [3.05, 3.63) is 0 Å². The van der Waals surface area contributed by atoms with Gasteiger partial charge in [0.05, 0.1) is 6.07 Å². The van der Waals surface area contributed by atoms with E-state index in [0.717, 1.165) is 13.1 Å². The number of likely N-dealkylation sites (tertiary alicyclic amines) is 1. The van der Waals surface area contributed by atoms with Crippen LogP contribution in [0.1, 0.15) is 6.92 Å². The average Bonchev–Trinajstić information content (AvgIpc) is 1.79. The Morgan fingerprint density at radius 1 is 1.67 bits per heavy atom. The van der Waals surface area contributed by atoms with Crippen molar-refractivity contribution < 1.29 is 0 Å². The van der Waals surface area contributed by atoms with Crippen LogP contribution in [0.25, 0.3) is 0 Å². The first-order valence-electron chi connectivity index (χ1n) is 3.32. The van der Waals surface area contributed by atoms with Crippen molar-refractivity contribution in [2.45, 2.75) is 6.92 Å². The van der Waals surface area contributed by atoms with E-state index in [4.69, 9.17) is 5.26 Å². The van der Waals surface area contributed by atoms with Crippen molar-refractivity contribution in [2.75, 3.05) is 20.1 Å². The third-order valence-electron chi connectivity index (χ3n) is 2.00. The molecule has 1 atom stereocenters. The Bertz CT molecular complexity index is 130. The zero-order chi connectivity index (χ0) is 6.85. The Balaban J connectivity index is 2.25. The fraction of sp³-hybridized carbons (Fsp3) is 0.857. The van der Waals surface area contributed by atoms with Crippen LogP contribution >= 0.6 is 0 Å². The predicted octanol–water partition coefficient (Wildman–Crippen LogP) is 0.708. The van der Waals surface area contributed by atoms with Gasteiger partial charge in [0.1, 0.15) is 0 Å². The Hall–Kier alpha value is -0.550. The Labute approximate surface area is 56.1 Å². The zero-order valence-electron chi connectivity index (χ0n) is 5.96. The van der Waals surface area contributed by atoms with Crippen molar-refractivity contribution >= 4 is 0 Å². The molecule has 50 valence electrons. The molecule has 0 aliphatic carbocycles. The van der Waals surface area contributed by atoms with Crippen molar-refractivity contribution in [2.24, 2.45) is 11.8 Å². The van der Waals surface area contributed by atoms with E-state index in [1.165, 1.54) is 0 Å². The molecule has 1 fully saturated rings. The van der Waals surface area contributed by atoms with Crippen LogP contribution in [0.5, 0.6) is 0 Å². The Kier molecular flexibility index (Phi) is 1.73. The van der Waals surface area contributed by atoms with Gasteiger partial charge in [0.2, 0.25) is 0 Å². The van der Waals surface area contributed by atoms with Crippen LogP contribution in [0, 0.1) is 23.2 Å². The topological polar surface area (TPSA) is 27.0 Å². The summed E-state index contributed by atoms with van der Waals surface area (Å²) < 4.78 is 0. The zero-order valence-corrected chi connectivity index (χ0v) is 5.96. The maximum absolute atomic E-state index is 8.49. The van der Waals surface area contributed by atoms with Crippen LogP contribution in [-0.2, 0) is 0 Å². The molecule has 0 bridgehead atoms. The van der Waals surface area contributed by atoms with Gasteiger partial charge in [-0.3, -0.25) is 0 Å². The molecule has 0 amide bonds. The molecule has 2 heteroatoms. The average molecular weight is 124 g/mol. The molecular weight excluding hydrogens is 112 g/mol. The van der Waals surface area contributed by atoms with Crippen LogP contribution in [0.4, 0.5) is 0 Å². The van der Waals surface area contributed by atoms with Gasteiger partial charge in [0, 0.05) is 19.0 Å². The summed E-state index contributed by atoms with van der Waals surface area (Å²) in [4.78, 5) is 2.23. The molecule has 1 aliphatic rings. The van der Waals surface area contributed by atoms with Crippen molar-refractivity contribution in [1.82, 2.24) is 4.90 Å². The summed E-state index contributed by atoms with van der Waals surface area (Å²) in [6.45, 7) is 4.21. The quantitative estimate of drug-likeness (QED) is 0.514. The summed E-state index contributed by atoms with van der Waals surface area (Å²) in [6, 6.07) is 2.26. The highest BCUT2D eigenvalue weighted by Gasteiger charge is 2.27. The van der Waals surface area contributed by atoms with Crippen molar-refractivity contribution in [3.8, 4) is 6.07 Å². The van der Waals surface area contributed by atoms with Gasteiger partial charge in [-0.1, -0.05) is 0 Å². The van der Waals surface area contributed by atoms with Crippen LogP contribution in [-0.4, -0.2) is 25.0 Å². The summed E-state index contributed by atoms with van der Waals surface area (Å²) in [5.74, 6) is 0.890. The molecule has 1 saturated heterocycles. The van der Waals surface area contributed by atoms with E-state index in [-0.39, 0.29) is 5.92 Å². The van der Waals surface area contributed by atoms with E-state index in [0.29, 0.717) is 5.92 Å². The Morgan fingerprint density at radius 3 is 2.56 bits per heavy atom. The molecule has 1 rings (SSSR count). The highest BCUT2D eigenvalue weighted by atomic mass is 15.2. The lowest BCUT2D eigenvalue weighted by atomic mass is 9.89. The summed E-state index contributed by atoms with van der Waals surface area (Å²) in [5.41, 5.74) is 0. The first-order chi connectivity index (χ1) is 4.24.